The Hall–Kier alpha value is -2.05. The number of hydrogen-bond donors (Lipinski definition) is 0. The monoisotopic (exact) mass is 277 g/mol. The first-order valence-corrected chi connectivity index (χ1v) is 6.97. The largest absolute Gasteiger partial charge is 0.120 e. The molecule has 0 N–H and O–H groups in total. The molecule has 0 amide bonds. The Kier molecular flexibility index (Phi) is 3.58. The lowest BCUT2D eigenvalue weighted by Crippen LogP contribution is -2.22. The second-order valence-electron chi connectivity index (χ2n) is 4.67. The van der Waals surface area contributed by atoms with E-state index in [-0.39, 0.29) is 0 Å². The van der Waals surface area contributed by atoms with E-state index in [1.807, 2.05) is 60.7 Å². The maximum atomic E-state index is 7.08. The van der Waals surface area contributed by atoms with Gasteiger partial charge in [0.15, 0.2) is 0 Å². The molecule has 0 saturated heterocycles. The van der Waals surface area contributed by atoms with E-state index in [9.17, 15) is 0 Å². The smallest absolute Gasteiger partial charge is 0.104 e. The Morgan fingerprint density at radius 1 is 0.650 bits per heavy atom. The third kappa shape index (κ3) is 2.23. The summed E-state index contributed by atoms with van der Waals surface area (Å²) in [6, 6.07) is 31.4. The van der Waals surface area contributed by atoms with Crippen LogP contribution >= 0.6 is 11.6 Å². The van der Waals surface area contributed by atoms with Crippen molar-refractivity contribution in [3.05, 3.63) is 108 Å². The average molecular weight is 278 g/mol. The van der Waals surface area contributed by atoms with Crippen molar-refractivity contribution in [3.63, 3.8) is 0 Å². The SMILES string of the molecule is ClC(c1[c]cccc1)(c1ccccc1)c1ccccc1. The van der Waals surface area contributed by atoms with Gasteiger partial charge in [0.1, 0.15) is 4.87 Å². The summed E-state index contributed by atoms with van der Waals surface area (Å²) in [6.45, 7) is 0. The van der Waals surface area contributed by atoms with E-state index in [0.29, 0.717) is 0 Å². The summed E-state index contributed by atoms with van der Waals surface area (Å²) in [7, 11) is 0. The molecular formula is C19H14Cl. The van der Waals surface area contributed by atoms with Crippen LogP contribution in [0.4, 0.5) is 0 Å². The molecule has 0 aromatic heterocycles. The number of hydrogen-bond acceptors (Lipinski definition) is 0. The predicted molar refractivity (Wildman–Crippen MR) is 83.9 cm³/mol. The molecule has 1 heteroatoms. The van der Waals surface area contributed by atoms with Crippen LogP contribution in [0.1, 0.15) is 16.7 Å². The van der Waals surface area contributed by atoms with Crippen LogP contribution in [-0.2, 0) is 4.87 Å². The molecule has 1 radical (unpaired) electrons. The third-order valence-corrected chi connectivity index (χ3v) is 4.06. The zero-order valence-electron chi connectivity index (χ0n) is 11.0. The van der Waals surface area contributed by atoms with Crippen LogP contribution in [0.5, 0.6) is 0 Å². The van der Waals surface area contributed by atoms with Crippen LogP contribution < -0.4 is 0 Å². The van der Waals surface area contributed by atoms with Crippen molar-refractivity contribution in [2.24, 2.45) is 0 Å². The molecule has 0 fully saturated rings. The molecule has 3 aromatic rings. The van der Waals surface area contributed by atoms with Gasteiger partial charge in [0.05, 0.1) is 0 Å². The molecule has 3 aromatic carbocycles. The van der Waals surface area contributed by atoms with E-state index in [4.69, 9.17) is 11.6 Å². The highest BCUT2D eigenvalue weighted by molar-refractivity contribution is 6.28. The molecular weight excluding hydrogens is 264 g/mol. The maximum absolute atomic E-state index is 7.08. The Morgan fingerprint density at radius 3 is 1.60 bits per heavy atom. The second-order valence-corrected chi connectivity index (χ2v) is 5.23. The van der Waals surface area contributed by atoms with E-state index in [0.717, 1.165) is 16.7 Å². The minimum absolute atomic E-state index is 0.705. The molecule has 97 valence electrons. The fraction of sp³-hybridized carbons (Fsp3) is 0.0526. The molecule has 0 spiro atoms. The highest BCUT2D eigenvalue weighted by Gasteiger charge is 2.33. The zero-order chi connectivity index (χ0) is 13.8. The highest BCUT2D eigenvalue weighted by Crippen LogP contribution is 2.42. The van der Waals surface area contributed by atoms with Gasteiger partial charge < -0.3 is 0 Å². The second kappa shape index (κ2) is 5.52. The van der Waals surface area contributed by atoms with Gasteiger partial charge in [-0.25, -0.2) is 0 Å². The molecule has 3 rings (SSSR count). The van der Waals surface area contributed by atoms with Crippen LogP contribution in [0.25, 0.3) is 0 Å². The van der Waals surface area contributed by atoms with E-state index >= 15 is 0 Å². The summed E-state index contributed by atoms with van der Waals surface area (Å²) in [5, 5.41) is 0. The predicted octanol–water partition coefficient (Wildman–Crippen LogP) is 5.02. The highest BCUT2D eigenvalue weighted by atomic mass is 35.5. The first-order chi connectivity index (χ1) is 9.82. The Labute approximate surface area is 124 Å². The Morgan fingerprint density at radius 2 is 1.15 bits per heavy atom. The minimum Gasteiger partial charge on any atom is -0.104 e. The standard InChI is InChI=1S/C19H14Cl/c20-19(16-10-4-1-5-11-16,17-12-6-2-7-13-17)18-14-8-3-9-15-18/h1-14H. The van der Waals surface area contributed by atoms with Crippen molar-refractivity contribution >= 4 is 11.6 Å². The van der Waals surface area contributed by atoms with Gasteiger partial charge in [-0.3, -0.25) is 0 Å². The first kappa shape index (κ1) is 13.0. The lowest BCUT2D eigenvalue weighted by atomic mass is 9.84. The van der Waals surface area contributed by atoms with Gasteiger partial charge in [0.25, 0.3) is 0 Å². The lowest BCUT2D eigenvalue weighted by Gasteiger charge is -2.28. The molecule has 0 saturated carbocycles. The number of rotatable bonds is 3. The van der Waals surface area contributed by atoms with Crippen LogP contribution in [0.3, 0.4) is 0 Å². The van der Waals surface area contributed by atoms with Crippen molar-refractivity contribution < 1.29 is 0 Å². The average Bonchev–Trinajstić information content (AvgIpc) is 2.56. The van der Waals surface area contributed by atoms with E-state index in [2.05, 4.69) is 30.3 Å². The van der Waals surface area contributed by atoms with Gasteiger partial charge in [-0.15, -0.1) is 11.6 Å². The summed E-state index contributed by atoms with van der Waals surface area (Å²) >= 11 is 7.08. The summed E-state index contributed by atoms with van der Waals surface area (Å²) in [5.41, 5.74) is 3.06. The van der Waals surface area contributed by atoms with Gasteiger partial charge in [-0.2, -0.15) is 0 Å². The van der Waals surface area contributed by atoms with Crippen LogP contribution in [0.2, 0.25) is 0 Å². The molecule has 20 heavy (non-hydrogen) atoms. The lowest BCUT2D eigenvalue weighted by molar-refractivity contribution is 0.877. The fourth-order valence-corrected chi connectivity index (χ4v) is 2.79. The summed E-state index contributed by atoms with van der Waals surface area (Å²) in [5.74, 6) is 0. The van der Waals surface area contributed by atoms with Gasteiger partial charge in [0, 0.05) is 0 Å². The van der Waals surface area contributed by atoms with E-state index < -0.39 is 4.87 Å². The van der Waals surface area contributed by atoms with Gasteiger partial charge in [-0.05, 0) is 22.8 Å². The normalized spacial score (nSPS) is 11.2. The van der Waals surface area contributed by atoms with Crippen LogP contribution in [-0.4, -0.2) is 0 Å². The van der Waals surface area contributed by atoms with Crippen molar-refractivity contribution in [1.82, 2.24) is 0 Å². The maximum Gasteiger partial charge on any atom is 0.120 e. The Bertz CT molecular complexity index is 563. The summed E-state index contributed by atoms with van der Waals surface area (Å²) in [4.78, 5) is -0.705. The fourth-order valence-electron chi connectivity index (χ4n) is 2.42. The molecule has 0 nitrogen and oxygen atoms in total. The minimum atomic E-state index is -0.705. The van der Waals surface area contributed by atoms with Crippen molar-refractivity contribution in [2.75, 3.05) is 0 Å². The molecule has 0 bridgehead atoms. The summed E-state index contributed by atoms with van der Waals surface area (Å²) < 4.78 is 0. The molecule has 0 aliphatic heterocycles. The van der Waals surface area contributed by atoms with Crippen molar-refractivity contribution in [3.8, 4) is 0 Å². The van der Waals surface area contributed by atoms with Gasteiger partial charge in [0.2, 0.25) is 0 Å². The van der Waals surface area contributed by atoms with Gasteiger partial charge >= 0.3 is 0 Å². The van der Waals surface area contributed by atoms with Crippen molar-refractivity contribution in [2.45, 2.75) is 4.87 Å². The molecule has 0 aliphatic rings. The van der Waals surface area contributed by atoms with Crippen molar-refractivity contribution in [1.29, 1.82) is 0 Å². The molecule has 0 unspecified atom stereocenters. The number of alkyl halides is 1. The Balaban J connectivity index is 2.24. The quantitative estimate of drug-likeness (QED) is 0.466. The zero-order valence-corrected chi connectivity index (χ0v) is 11.7. The van der Waals surface area contributed by atoms with E-state index in [1.54, 1.807) is 0 Å². The van der Waals surface area contributed by atoms with Crippen LogP contribution in [0.15, 0.2) is 84.9 Å². The topological polar surface area (TPSA) is 0 Å². The van der Waals surface area contributed by atoms with Crippen LogP contribution in [0, 0.1) is 6.07 Å². The summed E-state index contributed by atoms with van der Waals surface area (Å²) in [6.07, 6.45) is 0. The van der Waals surface area contributed by atoms with Gasteiger partial charge in [-0.1, -0.05) is 84.9 Å². The molecule has 0 aliphatic carbocycles. The van der Waals surface area contributed by atoms with E-state index in [1.165, 1.54) is 0 Å². The first-order valence-electron chi connectivity index (χ1n) is 6.59. The molecule has 0 heterocycles. The molecule has 0 atom stereocenters. The third-order valence-electron chi connectivity index (χ3n) is 3.42. The number of benzene rings is 3. The number of halogens is 1.